The van der Waals surface area contributed by atoms with Gasteiger partial charge < -0.3 is 0 Å². The number of fused-ring (bicyclic) bond motifs is 1. The number of pyridine rings is 1. The Kier molecular flexibility index (Phi) is 5.17. The number of amides is 1. The van der Waals surface area contributed by atoms with E-state index in [1.54, 1.807) is 28.6 Å². The maximum Gasteiger partial charge on any atom is 0.233 e. The van der Waals surface area contributed by atoms with Crippen LogP contribution in [0.25, 0.3) is 10.2 Å². The van der Waals surface area contributed by atoms with E-state index >= 15 is 0 Å². The highest BCUT2D eigenvalue weighted by Crippen LogP contribution is 2.31. The molecule has 0 atom stereocenters. The van der Waals surface area contributed by atoms with E-state index in [9.17, 15) is 4.79 Å². The van der Waals surface area contributed by atoms with Gasteiger partial charge in [0.25, 0.3) is 0 Å². The lowest BCUT2D eigenvalue weighted by atomic mass is 10.1. The highest BCUT2D eigenvalue weighted by molar-refractivity contribution is 7.22. The molecule has 2 heterocycles. The smallest absolute Gasteiger partial charge is 0.233 e. The van der Waals surface area contributed by atoms with Crippen molar-refractivity contribution in [3.8, 4) is 0 Å². The van der Waals surface area contributed by atoms with Crippen LogP contribution in [0.4, 0.5) is 5.13 Å². The lowest BCUT2D eigenvalue weighted by molar-refractivity contribution is -0.118. The van der Waals surface area contributed by atoms with Crippen molar-refractivity contribution >= 4 is 32.6 Å². The summed E-state index contributed by atoms with van der Waals surface area (Å²) in [7, 11) is 0. The molecule has 0 aliphatic rings. The molecule has 1 amide bonds. The molecule has 4 rings (SSSR count). The van der Waals surface area contributed by atoms with Gasteiger partial charge in [-0.3, -0.25) is 14.7 Å². The minimum atomic E-state index is 0.0335. The van der Waals surface area contributed by atoms with Crippen LogP contribution in [0.1, 0.15) is 22.3 Å². The Labute approximate surface area is 168 Å². The first-order valence-corrected chi connectivity index (χ1v) is 10.0. The monoisotopic (exact) mass is 387 g/mol. The molecular formula is C23H21N3OS. The minimum absolute atomic E-state index is 0.0335. The SMILES string of the molecule is Cc1cccc(CC(=O)N(Cc2cccnc2)c2nc3c(C)cccc3s2)c1. The van der Waals surface area contributed by atoms with E-state index in [1.807, 2.05) is 56.3 Å². The van der Waals surface area contributed by atoms with Gasteiger partial charge in [-0.1, -0.05) is 59.4 Å². The quantitative estimate of drug-likeness (QED) is 0.479. The fourth-order valence-electron chi connectivity index (χ4n) is 3.22. The molecule has 0 aliphatic heterocycles. The second-order valence-corrected chi connectivity index (χ2v) is 7.93. The molecule has 0 radical (unpaired) electrons. The summed E-state index contributed by atoms with van der Waals surface area (Å²) in [5.74, 6) is 0.0335. The van der Waals surface area contributed by atoms with E-state index in [0.29, 0.717) is 13.0 Å². The first-order chi connectivity index (χ1) is 13.6. The number of aromatic nitrogens is 2. The molecular weight excluding hydrogens is 366 g/mol. The molecule has 5 heteroatoms. The predicted octanol–water partition coefficient (Wildman–Crippen LogP) is 5.08. The van der Waals surface area contributed by atoms with Gasteiger partial charge >= 0.3 is 0 Å². The lowest BCUT2D eigenvalue weighted by Gasteiger charge is -2.20. The van der Waals surface area contributed by atoms with Gasteiger partial charge in [0.05, 0.1) is 23.2 Å². The Hall–Kier alpha value is -3.05. The van der Waals surface area contributed by atoms with E-state index in [1.165, 1.54) is 0 Å². The molecule has 0 N–H and O–H groups in total. The number of aryl methyl sites for hydroxylation is 2. The summed E-state index contributed by atoms with van der Waals surface area (Å²) < 4.78 is 1.09. The Bertz CT molecular complexity index is 1120. The number of thiazole rings is 1. The molecule has 140 valence electrons. The second kappa shape index (κ2) is 7.90. The second-order valence-electron chi connectivity index (χ2n) is 6.93. The Morgan fingerprint density at radius 3 is 2.61 bits per heavy atom. The number of nitrogens with zero attached hydrogens (tertiary/aromatic N) is 3. The largest absolute Gasteiger partial charge is 0.283 e. The molecule has 4 nitrogen and oxygen atoms in total. The normalized spacial score (nSPS) is 10.9. The lowest BCUT2D eigenvalue weighted by Crippen LogP contribution is -2.31. The zero-order valence-corrected chi connectivity index (χ0v) is 16.7. The standard InChI is InChI=1S/C23H21N3OS/c1-16-6-3-8-18(12-16)13-21(27)26(15-19-9-5-11-24-14-19)23-25-22-17(2)7-4-10-20(22)28-23/h3-12,14H,13,15H2,1-2H3. The molecule has 0 saturated carbocycles. The Morgan fingerprint density at radius 2 is 1.86 bits per heavy atom. The number of hydrogen-bond acceptors (Lipinski definition) is 4. The number of benzene rings is 2. The molecule has 0 saturated heterocycles. The van der Waals surface area contributed by atoms with Crippen LogP contribution in [0, 0.1) is 13.8 Å². The summed E-state index contributed by atoms with van der Waals surface area (Å²) in [6, 6.07) is 18.1. The number of para-hydroxylation sites is 1. The summed E-state index contributed by atoms with van der Waals surface area (Å²) in [5.41, 5.74) is 5.23. The Balaban J connectivity index is 1.70. The maximum absolute atomic E-state index is 13.3. The summed E-state index contributed by atoms with van der Waals surface area (Å²) in [5, 5.41) is 0.728. The summed E-state index contributed by atoms with van der Waals surface area (Å²) >= 11 is 1.55. The highest BCUT2D eigenvalue weighted by atomic mass is 32.1. The van der Waals surface area contributed by atoms with Gasteiger partial charge in [-0.2, -0.15) is 0 Å². The third-order valence-electron chi connectivity index (χ3n) is 4.64. The molecule has 4 aromatic rings. The molecule has 0 unspecified atom stereocenters. The van der Waals surface area contributed by atoms with Gasteiger partial charge in [-0.25, -0.2) is 4.98 Å². The van der Waals surface area contributed by atoms with Crippen LogP contribution in [-0.4, -0.2) is 15.9 Å². The molecule has 2 aromatic carbocycles. The maximum atomic E-state index is 13.3. The minimum Gasteiger partial charge on any atom is -0.283 e. The number of anilines is 1. The average molecular weight is 388 g/mol. The summed E-state index contributed by atoms with van der Waals surface area (Å²) in [6.45, 7) is 4.54. The van der Waals surface area contributed by atoms with Gasteiger partial charge in [-0.05, 0) is 42.7 Å². The molecule has 0 aliphatic carbocycles. The topological polar surface area (TPSA) is 46.1 Å². The summed E-state index contributed by atoms with van der Waals surface area (Å²) in [4.78, 5) is 24.0. The molecule has 0 fully saturated rings. The van der Waals surface area contributed by atoms with Crippen molar-refractivity contribution in [2.75, 3.05) is 4.90 Å². The van der Waals surface area contributed by atoms with Crippen LogP contribution in [0.5, 0.6) is 0 Å². The van der Waals surface area contributed by atoms with Gasteiger partial charge in [0.15, 0.2) is 5.13 Å². The van der Waals surface area contributed by atoms with Crippen molar-refractivity contribution in [3.05, 3.63) is 89.2 Å². The number of rotatable bonds is 5. The van der Waals surface area contributed by atoms with Gasteiger partial charge in [0.1, 0.15) is 0 Å². The van der Waals surface area contributed by atoms with E-state index in [4.69, 9.17) is 4.98 Å². The molecule has 0 spiro atoms. The third-order valence-corrected chi connectivity index (χ3v) is 5.69. The number of carbonyl (C=O) groups is 1. The van der Waals surface area contributed by atoms with Crippen molar-refractivity contribution in [2.45, 2.75) is 26.8 Å². The zero-order chi connectivity index (χ0) is 19.5. The van der Waals surface area contributed by atoms with Crippen LogP contribution in [-0.2, 0) is 17.8 Å². The fraction of sp³-hybridized carbons (Fsp3) is 0.174. The third kappa shape index (κ3) is 3.94. The zero-order valence-electron chi connectivity index (χ0n) is 15.9. The van der Waals surface area contributed by atoms with Crippen molar-refractivity contribution in [2.24, 2.45) is 0 Å². The van der Waals surface area contributed by atoms with Gasteiger partial charge in [0.2, 0.25) is 5.91 Å². The first-order valence-electron chi connectivity index (χ1n) is 9.21. The van der Waals surface area contributed by atoms with E-state index in [0.717, 1.165) is 37.6 Å². The number of hydrogen-bond donors (Lipinski definition) is 0. The molecule has 0 bridgehead atoms. The van der Waals surface area contributed by atoms with E-state index < -0.39 is 0 Å². The van der Waals surface area contributed by atoms with E-state index in [-0.39, 0.29) is 5.91 Å². The van der Waals surface area contributed by atoms with Crippen LogP contribution in [0.3, 0.4) is 0 Å². The average Bonchev–Trinajstić information content (AvgIpc) is 3.12. The highest BCUT2D eigenvalue weighted by Gasteiger charge is 2.21. The van der Waals surface area contributed by atoms with Crippen LogP contribution >= 0.6 is 11.3 Å². The van der Waals surface area contributed by atoms with Crippen LogP contribution in [0.2, 0.25) is 0 Å². The Morgan fingerprint density at radius 1 is 1.04 bits per heavy atom. The van der Waals surface area contributed by atoms with Crippen molar-refractivity contribution in [3.63, 3.8) is 0 Å². The van der Waals surface area contributed by atoms with E-state index in [2.05, 4.69) is 17.1 Å². The van der Waals surface area contributed by atoms with Crippen LogP contribution < -0.4 is 4.90 Å². The molecule has 28 heavy (non-hydrogen) atoms. The molecule has 2 aromatic heterocycles. The first kappa shape index (κ1) is 18.3. The van der Waals surface area contributed by atoms with Gasteiger partial charge in [-0.15, -0.1) is 0 Å². The van der Waals surface area contributed by atoms with Gasteiger partial charge in [0, 0.05) is 12.4 Å². The van der Waals surface area contributed by atoms with Crippen LogP contribution in [0.15, 0.2) is 67.0 Å². The van der Waals surface area contributed by atoms with Crippen molar-refractivity contribution < 1.29 is 4.79 Å². The van der Waals surface area contributed by atoms with Crippen molar-refractivity contribution in [1.82, 2.24) is 9.97 Å². The predicted molar refractivity (Wildman–Crippen MR) is 115 cm³/mol. The summed E-state index contributed by atoms with van der Waals surface area (Å²) in [6.07, 6.45) is 3.88. The van der Waals surface area contributed by atoms with Crippen molar-refractivity contribution in [1.29, 1.82) is 0 Å². The fourth-order valence-corrected chi connectivity index (χ4v) is 4.28. The number of carbonyl (C=O) groups excluding carboxylic acids is 1.